The van der Waals surface area contributed by atoms with Crippen LogP contribution in [0, 0.1) is 11.8 Å². The van der Waals surface area contributed by atoms with Crippen molar-refractivity contribution in [1.82, 2.24) is 14.9 Å². The lowest BCUT2D eigenvalue weighted by molar-refractivity contribution is -0.156. The summed E-state index contributed by atoms with van der Waals surface area (Å²) in [7, 11) is 0. The molecule has 1 aliphatic rings. The normalized spacial score (nSPS) is 23.1. The van der Waals surface area contributed by atoms with Crippen LogP contribution in [0.4, 0.5) is 0 Å². The summed E-state index contributed by atoms with van der Waals surface area (Å²) in [5, 5.41) is 18.0. The molecule has 1 saturated heterocycles. The van der Waals surface area contributed by atoms with Gasteiger partial charge < -0.3 is 20.1 Å². The first-order valence-electron chi connectivity index (χ1n) is 5.74. The van der Waals surface area contributed by atoms with Gasteiger partial charge in [0.15, 0.2) is 0 Å². The molecule has 1 aromatic heterocycles. The molecule has 0 saturated carbocycles. The van der Waals surface area contributed by atoms with E-state index in [1.54, 1.807) is 0 Å². The molecule has 3 N–H and O–H groups in total. The summed E-state index contributed by atoms with van der Waals surface area (Å²) in [5.41, 5.74) is 0.262. The van der Waals surface area contributed by atoms with Crippen molar-refractivity contribution in [3.63, 3.8) is 0 Å². The number of likely N-dealkylation sites (tertiary alicyclic amines) is 1. The predicted molar refractivity (Wildman–Crippen MR) is 61.4 cm³/mol. The molecule has 1 fully saturated rings. The van der Waals surface area contributed by atoms with Crippen LogP contribution in [-0.2, 0) is 9.59 Å². The smallest absolute Gasteiger partial charge is 0.309 e. The summed E-state index contributed by atoms with van der Waals surface area (Å²) in [6, 6.07) is 0. The second kappa shape index (κ2) is 5.09. The minimum atomic E-state index is -1.20. The maximum absolute atomic E-state index is 12.0. The van der Waals surface area contributed by atoms with E-state index < -0.39 is 23.8 Å². The molecule has 0 spiro atoms. The van der Waals surface area contributed by atoms with E-state index in [1.807, 2.05) is 0 Å². The van der Waals surface area contributed by atoms with Crippen molar-refractivity contribution in [3.05, 3.63) is 18.2 Å². The highest BCUT2D eigenvalue weighted by atomic mass is 16.4. The number of aliphatic carboxylic acids is 2. The van der Waals surface area contributed by atoms with E-state index in [2.05, 4.69) is 9.97 Å². The molecule has 1 amide bonds. The minimum absolute atomic E-state index is 0.107. The third kappa shape index (κ3) is 2.56. The zero-order valence-electron chi connectivity index (χ0n) is 9.94. The fraction of sp³-hybridized carbons (Fsp3) is 0.455. The Hall–Kier alpha value is -2.38. The number of carboxylic acids is 2. The maximum Gasteiger partial charge on any atom is 0.309 e. The number of aromatic amines is 1. The number of rotatable bonds is 3. The quantitative estimate of drug-likeness (QED) is 0.688. The fourth-order valence-corrected chi connectivity index (χ4v) is 2.23. The first kappa shape index (κ1) is 13.1. The molecule has 0 aromatic carbocycles. The molecule has 2 atom stereocenters. The molecular weight excluding hydrogens is 254 g/mol. The molecule has 0 radical (unpaired) electrons. The number of imidazole rings is 1. The van der Waals surface area contributed by atoms with Crippen molar-refractivity contribution in [1.29, 1.82) is 0 Å². The highest BCUT2D eigenvalue weighted by molar-refractivity contribution is 5.93. The number of H-pyrrole nitrogens is 1. The Morgan fingerprint density at radius 2 is 1.95 bits per heavy atom. The minimum Gasteiger partial charge on any atom is -0.481 e. The Kier molecular flexibility index (Phi) is 3.50. The molecule has 1 aliphatic heterocycles. The number of piperidine rings is 1. The average Bonchev–Trinajstić information content (AvgIpc) is 2.90. The van der Waals surface area contributed by atoms with Gasteiger partial charge in [-0.1, -0.05) is 0 Å². The van der Waals surface area contributed by atoms with Gasteiger partial charge in [0, 0.05) is 13.1 Å². The average molecular weight is 267 g/mol. The molecule has 2 heterocycles. The van der Waals surface area contributed by atoms with Crippen molar-refractivity contribution in [2.75, 3.05) is 13.1 Å². The van der Waals surface area contributed by atoms with Gasteiger partial charge in [-0.25, -0.2) is 4.98 Å². The lowest BCUT2D eigenvalue weighted by Gasteiger charge is -2.34. The number of carbonyl (C=O) groups is 3. The Morgan fingerprint density at radius 1 is 1.26 bits per heavy atom. The number of nitrogens with zero attached hydrogens (tertiary/aromatic N) is 2. The van der Waals surface area contributed by atoms with Crippen molar-refractivity contribution in [2.45, 2.75) is 6.42 Å². The largest absolute Gasteiger partial charge is 0.481 e. The second-order valence-electron chi connectivity index (χ2n) is 4.39. The summed E-state index contributed by atoms with van der Waals surface area (Å²) < 4.78 is 0. The van der Waals surface area contributed by atoms with Crippen LogP contribution in [0.2, 0.25) is 0 Å². The predicted octanol–water partition coefficient (Wildman–Crippen LogP) is -0.343. The molecule has 0 bridgehead atoms. The third-order valence-electron chi connectivity index (χ3n) is 3.26. The first-order chi connectivity index (χ1) is 9.00. The van der Waals surface area contributed by atoms with Gasteiger partial charge in [-0.2, -0.15) is 0 Å². The number of aromatic nitrogens is 2. The molecule has 8 heteroatoms. The van der Waals surface area contributed by atoms with E-state index >= 15 is 0 Å². The van der Waals surface area contributed by atoms with E-state index in [1.165, 1.54) is 17.4 Å². The van der Waals surface area contributed by atoms with E-state index in [0.717, 1.165) is 0 Å². The van der Waals surface area contributed by atoms with E-state index in [-0.39, 0.29) is 31.1 Å². The van der Waals surface area contributed by atoms with Gasteiger partial charge in [0.05, 0.1) is 24.4 Å². The van der Waals surface area contributed by atoms with Crippen molar-refractivity contribution < 1.29 is 24.6 Å². The number of carboxylic acid groups (broad SMARTS) is 2. The summed E-state index contributed by atoms with van der Waals surface area (Å²) in [4.78, 5) is 41.8. The third-order valence-corrected chi connectivity index (χ3v) is 3.26. The standard InChI is InChI=1S/C11H13N3O5/c15-9(8-3-12-5-13-8)14-2-1-6(10(16)17)7(4-14)11(18)19/h3,5-7H,1-2,4H2,(H,12,13)(H,16,17)(H,18,19). The summed E-state index contributed by atoms with van der Waals surface area (Å²) in [6.45, 7) is 0.114. The summed E-state index contributed by atoms with van der Waals surface area (Å²) >= 11 is 0. The van der Waals surface area contributed by atoms with Crippen LogP contribution < -0.4 is 0 Å². The fourth-order valence-electron chi connectivity index (χ4n) is 2.23. The SMILES string of the molecule is O=C(O)C1CCN(C(=O)c2cnc[nH]2)CC1C(=O)O. The number of nitrogens with one attached hydrogen (secondary N) is 1. The lowest BCUT2D eigenvalue weighted by atomic mass is 9.85. The molecule has 2 rings (SSSR count). The number of hydrogen-bond donors (Lipinski definition) is 3. The van der Waals surface area contributed by atoms with E-state index in [9.17, 15) is 14.4 Å². The van der Waals surface area contributed by atoms with Crippen LogP contribution in [0.5, 0.6) is 0 Å². The maximum atomic E-state index is 12.0. The van der Waals surface area contributed by atoms with Crippen LogP contribution >= 0.6 is 0 Å². The Morgan fingerprint density at radius 3 is 2.47 bits per heavy atom. The van der Waals surface area contributed by atoms with Crippen molar-refractivity contribution in [3.8, 4) is 0 Å². The zero-order chi connectivity index (χ0) is 14.0. The lowest BCUT2D eigenvalue weighted by Crippen LogP contribution is -2.48. The molecule has 19 heavy (non-hydrogen) atoms. The van der Waals surface area contributed by atoms with Gasteiger partial charge in [-0.05, 0) is 6.42 Å². The number of carbonyl (C=O) groups excluding carboxylic acids is 1. The highest BCUT2D eigenvalue weighted by Gasteiger charge is 2.40. The monoisotopic (exact) mass is 267 g/mol. The van der Waals surface area contributed by atoms with Gasteiger partial charge >= 0.3 is 11.9 Å². The van der Waals surface area contributed by atoms with E-state index in [4.69, 9.17) is 10.2 Å². The summed E-state index contributed by atoms with van der Waals surface area (Å²) in [5.74, 6) is -4.75. The van der Waals surface area contributed by atoms with Crippen LogP contribution in [0.25, 0.3) is 0 Å². The molecular formula is C11H13N3O5. The van der Waals surface area contributed by atoms with E-state index in [0.29, 0.717) is 0 Å². The number of amides is 1. The summed E-state index contributed by atoms with van der Waals surface area (Å²) in [6.07, 6.45) is 2.83. The van der Waals surface area contributed by atoms with Gasteiger partial charge in [-0.15, -0.1) is 0 Å². The number of hydrogen-bond acceptors (Lipinski definition) is 4. The van der Waals surface area contributed by atoms with Gasteiger partial charge in [-0.3, -0.25) is 14.4 Å². The Labute approximate surface area is 108 Å². The second-order valence-corrected chi connectivity index (χ2v) is 4.39. The van der Waals surface area contributed by atoms with Crippen LogP contribution in [0.1, 0.15) is 16.9 Å². The van der Waals surface area contributed by atoms with Gasteiger partial charge in [0.1, 0.15) is 5.69 Å². The molecule has 1 aromatic rings. The molecule has 2 unspecified atom stereocenters. The molecule has 102 valence electrons. The topological polar surface area (TPSA) is 124 Å². The molecule has 0 aliphatic carbocycles. The molecule has 8 nitrogen and oxygen atoms in total. The Bertz CT molecular complexity index is 498. The van der Waals surface area contributed by atoms with Gasteiger partial charge in [0.2, 0.25) is 0 Å². The van der Waals surface area contributed by atoms with Crippen molar-refractivity contribution >= 4 is 17.8 Å². The van der Waals surface area contributed by atoms with Crippen LogP contribution in [0.3, 0.4) is 0 Å². The Balaban J connectivity index is 2.13. The van der Waals surface area contributed by atoms with Gasteiger partial charge in [0.25, 0.3) is 5.91 Å². The first-order valence-corrected chi connectivity index (χ1v) is 5.74. The van der Waals surface area contributed by atoms with Crippen LogP contribution in [0.15, 0.2) is 12.5 Å². The van der Waals surface area contributed by atoms with Crippen molar-refractivity contribution in [2.24, 2.45) is 11.8 Å². The van der Waals surface area contributed by atoms with Crippen LogP contribution in [-0.4, -0.2) is 56.0 Å². The zero-order valence-corrected chi connectivity index (χ0v) is 9.94. The highest BCUT2D eigenvalue weighted by Crippen LogP contribution is 2.25.